The molecule has 0 aliphatic rings. The van der Waals surface area contributed by atoms with Crippen LogP contribution in [0.1, 0.15) is 25.3 Å². The van der Waals surface area contributed by atoms with Crippen molar-refractivity contribution < 1.29 is 0 Å². The fourth-order valence-corrected chi connectivity index (χ4v) is 2.78. The highest BCUT2D eigenvalue weighted by molar-refractivity contribution is 9.10. The molecule has 0 aliphatic heterocycles. The van der Waals surface area contributed by atoms with Gasteiger partial charge in [-0.1, -0.05) is 53.5 Å². The second-order valence-corrected chi connectivity index (χ2v) is 6.71. The van der Waals surface area contributed by atoms with Gasteiger partial charge in [0.25, 0.3) is 0 Å². The minimum atomic E-state index is 0.511. The zero-order chi connectivity index (χ0) is 15.4. The Morgan fingerprint density at radius 1 is 1.10 bits per heavy atom. The molecule has 21 heavy (non-hydrogen) atoms. The minimum absolute atomic E-state index is 0.511. The first-order chi connectivity index (χ1) is 9.95. The molecular formula is C16H16BrClN2S. The summed E-state index contributed by atoms with van der Waals surface area (Å²) in [5, 5.41) is 7.36. The summed E-state index contributed by atoms with van der Waals surface area (Å²) in [5.41, 5.74) is 3.02. The second-order valence-electron chi connectivity index (χ2n) is 4.98. The highest BCUT2D eigenvalue weighted by Gasteiger charge is 2.04. The van der Waals surface area contributed by atoms with Crippen molar-refractivity contribution in [2.45, 2.75) is 19.8 Å². The predicted molar refractivity (Wildman–Crippen MR) is 99.5 cm³/mol. The highest BCUT2D eigenvalue weighted by Crippen LogP contribution is 2.26. The first kappa shape index (κ1) is 16.3. The normalized spacial score (nSPS) is 10.5. The van der Waals surface area contributed by atoms with Crippen molar-refractivity contribution in [3.63, 3.8) is 0 Å². The van der Waals surface area contributed by atoms with Gasteiger partial charge in [0, 0.05) is 10.2 Å². The van der Waals surface area contributed by atoms with Gasteiger partial charge in [0.2, 0.25) is 0 Å². The quantitative estimate of drug-likeness (QED) is 0.632. The summed E-state index contributed by atoms with van der Waals surface area (Å²) in [6.45, 7) is 4.34. The summed E-state index contributed by atoms with van der Waals surface area (Å²) in [6.07, 6.45) is 0. The summed E-state index contributed by atoms with van der Waals surface area (Å²) in [4.78, 5) is 0. The van der Waals surface area contributed by atoms with Crippen molar-refractivity contribution in [1.29, 1.82) is 0 Å². The van der Waals surface area contributed by atoms with Gasteiger partial charge >= 0.3 is 0 Å². The Labute approximate surface area is 144 Å². The van der Waals surface area contributed by atoms with Crippen LogP contribution in [-0.4, -0.2) is 5.11 Å². The summed E-state index contributed by atoms with van der Waals surface area (Å²) < 4.78 is 0.932. The molecule has 0 aliphatic carbocycles. The SMILES string of the molecule is CC(C)c1ccc(NC(=S)Nc2ccc(Br)cc2Cl)cc1. The molecule has 2 aromatic rings. The number of rotatable bonds is 3. The van der Waals surface area contributed by atoms with E-state index in [1.54, 1.807) is 0 Å². The molecule has 0 saturated carbocycles. The zero-order valence-corrected chi connectivity index (χ0v) is 14.9. The van der Waals surface area contributed by atoms with Gasteiger partial charge in [0.05, 0.1) is 10.7 Å². The van der Waals surface area contributed by atoms with Crippen molar-refractivity contribution in [2.75, 3.05) is 10.6 Å². The predicted octanol–water partition coefficient (Wildman–Crippen LogP) is 6.03. The van der Waals surface area contributed by atoms with E-state index in [-0.39, 0.29) is 0 Å². The van der Waals surface area contributed by atoms with E-state index in [0.29, 0.717) is 16.1 Å². The minimum Gasteiger partial charge on any atom is -0.332 e. The lowest BCUT2D eigenvalue weighted by atomic mass is 10.0. The number of benzene rings is 2. The van der Waals surface area contributed by atoms with Crippen LogP contribution in [0.15, 0.2) is 46.9 Å². The summed E-state index contributed by atoms with van der Waals surface area (Å²) in [5.74, 6) is 0.519. The van der Waals surface area contributed by atoms with Crippen molar-refractivity contribution in [1.82, 2.24) is 0 Å². The van der Waals surface area contributed by atoms with Crippen LogP contribution in [0, 0.1) is 0 Å². The molecule has 0 heterocycles. The Morgan fingerprint density at radius 2 is 1.76 bits per heavy atom. The highest BCUT2D eigenvalue weighted by atomic mass is 79.9. The van der Waals surface area contributed by atoms with Gasteiger partial charge in [-0.3, -0.25) is 0 Å². The molecule has 110 valence electrons. The van der Waals surface area contributed by atoms with Gasteiger partial charge in [-0.25, -0.2) is 0 Å². The Kier molecular flexibility index (Phi) is 5.62. The summed E-state index contributed by atoms with van der Waals surface area (Å²) in [7, 11) is 0. The molecule has 5 heteroatoms. The Hall–Kier alpha value is -1.10. The van der Waals surface area contributed by atoms with E-state index in [1.807, 2.05) is 30.3 Å². The molecule has 2 N–H and O–H groups in total. The average molecular weight is 384 g/mol. The molecular weight excluding hydrogens is 368 g/mol. The maximum atomic E-state index is 6.15. The van der Waals surface area contributed by atoms with Crippen LogP contribution >= 0.6 is 39.7 Å². The van der Waals surface area contributed by atoms with E-state index in [9.17, 15) is 0 Å². The van der Waals surface area contributed by atoms with Crippen molar-refractivity contribution in [3.8, 4) is 0 Å². The molecule has 0 aromatic heterocycles. The van der Waals surface area contributed by atoms with E-state index in [2.05, 4.69) is 52.5 Å². The molecule has 2 aromatic carbocycles. The van der Waals surface area contributed by atoms with Crippen molar-refractivity contribution in [3.05, 3.63) is 57.5 Å². The Morgan fingerprint density at radius 3 is 2.33 bits per heavy atom. The molecule has 0 amide bonds. The molecule has 0 saturated heterocycles. The van der Waals surface area contributed by atoms with Crippen LogP contribution in [0.2, 0.25) is 5.02 Å². The van der Waals surface area contributed by atoms with Gasteiger partial charge in [-0.2, -0.15) is 0 Å². The third kappa shape index (κ3) is 4.70. The number of hydrogen-bond donors (Lipinski definition) is 2. The van der Waals surface area contributed by atoms with Crippen molar-refractivity contribution >= 4 is 56.2 Å². The first-order valence-corrected chi connectivity index (χ1v) is 8.16. The van der Waals surface area contributed by atoms with E-state index >= 15 is 0 Å². The second kappa shape index (κ2) is 7.25. The maximum absolute atomic E-state index is 6.15. The van der Waals surface area contributed by atoms with Crippen LogP contribution < -0.4 is 10.6 Å². The van der Waals surface area contributed by atoms with E-state index in [0.717, 1.165) is 15.8 Å². The smallest absolute Gasteiger partial charge is 0.175 e. The number of nitrogens with one attached hydrogen (secondary N) is 2. The molecule has 2 nitrogen and oxygen atoms in total. The first-order valence-electron chi connectivity index (χ1n) is 6.58. The summed E-state index contributed by atoms with van der Waals surface area (Å²) in [6, 6.07) is 13.9. The van der Waals surface area contributed by atoms with Crippen LogP contribution in [0.4, 0.5) is 11.4 Å². The third-order valence-corrected chi connectivity index (χ3v) is 4.02. The van der Waals surface area contributed by atoms with Crippen LogP contribution in [0.25, 0.3) is 0 Å². The van der Waals surface area contributed by atoms with Gasteiger partial charge in [0.1, 0.15) is 0 Å². The summed E-state index contributed by atoms with van der Waals surface area (Å²) >= 11 is 14.8. The topological polar surface area (TPSA) is 24.1 Å². The van der Waals surface area contributed by atoms with Gasteiger partial charge < -0.3 is 10.6 Å². The molecule has 0 spiro atoms. The third-order valence-electron chi connectivity index (χ3n) is 3.01. The molecule has 0 radical (unpaired) electrons. The largest absolute Gasteiger partial charge is 0.332 e. The number of hydrogen-bond acceptors (Lipinski definition) is 1. The number of anilines is 2. The fourth-order valence-electron chi connectivity index (χ4n) is 1.83. The molecule has 0 unspecified atom stereocenters. The lowest BCUT2D eigenvalue weighted by Crippen LogP contribution is -2.19. The van der Waals surface area contributed by atoms with Crippen LogP contribution in [0.5, 0.6) is 0 Å². The van der Waals surface area contributed by atoms with E-state index in [1.165, 1.54) is 5.56 Å². The molecule has 0 fully saturated rings. The standard InChI is InChI=1S/C16H16BrClN2S/c1-10(2)11-3-6-13(7-4-11)19-16(21)20-15-8-5-12(17)9-14(15)18/h3-10H,1-2H3,(H2,19,20,21). The maximum Gasteiger partial charge on any atom is 0.175 e. The average Bonchev–Trinajstić information content (AvgIpc) is 2.42. The van der Waals surface area contributed by atoms with Gasteiger partial charge in [-0.05, 0) is 54.0 Å². The number of thiocarbonyl (C=S) groups is 1. The molecule has 0 bridgehead atoms. The van der Waals surface area contributed by atoms with Gasteiger partial charge in [-0.15, -0.1) is 0 Å². The lowest BCUT2D eigenvalue weighted by Gasteiger charge is -2.13. The number of halogens is 2. The van der Waals surface area contributed by atoms with Crippen LogP contribution in [0.3, 0.4) is 0 Å². The van der Waals surface area contributed by atoms with E-state index in [4.69, 9.17) is 23.8 Å². The Bertz CT molecular complexity index is 641. The fraction of sp³-hybridized carbons (Fsp3) is 0.188. The molecule has 0 atom stereocenters. The zero-order valence-electron chi connectivity index (χ0n) is 11.8. The molecule has 2 rings (SSSR count). The van der Waals surface area contributed by atoms with Crippen LogP contribution in [-0.2, 0) is 0 Å². The Balaban J connectivity index is 2.01. The van der Waals surface area contributed by atoms with Gasteiger partial charge in [0.15, 0.2) is 5.11 Å². The van der Waals surface area contributed by atoms with Crippen molar-refractivity contribution in [2.24, 2.45) is 0 Å². The monoisotopic (exact) mass is 382 g/mol. The lowest BCUT2D eigenvalue weighted by molar-refractivity contribution is 0.867. The van der Waals surface area contributed by atoms with E-state index < -0.39 is 0 Å².